The summed E-state index contributed by atoms with van der Waals surface area (Å²) < 4.78 is 0. The quantitative estimate of drug-likeness (QED) is 0.906. The van der Waals surface area contributed by atoms with Gasteiger partial charge in [0.1, 0.15) is 5.54 Å². The van der Waals surface area contributed by atoms with E-state index in [1.807, 2.05) is 13.8 Å². The third-order valence-electron chi connectivity index (χ3n) is 4.19. The molecule has 1 N–H and O–H groups in total. The lowest BCUT2D eigenvalue weighted by Crippen LogP contribution is -2.66. The molecule has 5 heteroatoms. The molecule has 0 unspecified atom stereocenters. The van der Waals surface area contributed by atoms with E-state index in [0.717, 1.165) is 11.3 Å². The molecule has 2 amide bonds. The number of hydrogen-bond acceptors (Lipinski definition) is 3. The Morgan fingerprint density at radius 1 is 1.20 bits per heavy atom. The van der Waals surface area contributed by atoms with Crippen molar-refractivity contribution in [2.75, 3.05) is 6.54 Å². The normalized spacial score (nSPS) is 18.2. The van der Waals surface area contributed by atoms with Crippen molar-refractivity contribution in [3.63, 3.8) is 0 Å². The Balaban J connectivity index is 2.28. The molecule has 1 aromatic heterocycles. The minimum absolute atomic E-state index is 0.0137. The number of piperazine rings is 1. The Morgan fingerprint density at radius 3 is 2.40 bits per heavy atom. The van der Waals surface area contributed by atoms with Crippen molar-refractivity contribution in [2.45, 2.75) is 52.1 Å². The van der Waals surface area contributed by atoms with Gasteiger partial charge in [0.2, 0.25) is 11.8 Å². The number of carbonyl (C=O) groups excluding carboxylic acids is 2. The third kappa shape index (κ3) is 2.46. The molecule has 1 aromatic rings. The van der Waals surface area contributed by atoms with Gasteiger partial charge >= 0.3 is 0 Å². The predicted octanol–water partition coefficient (Wildman–Crippen LogP) is 2.33. The lowest BCUT2D eigenvalue weighted by atomic mass is 9.87. The maximum Gasteiger partial charge on any atom is 0.246 e. The fraction of sp³-hybridized carbons (Fsp3) is 0.600. The monoisotopic (exact) mass is 294 g/mol. The molecule has 0 saturated carbocycles. The van der Waals surface area contributed by atoms with Gasteiger partial charge in [0.05, 0.1) is 13.1 Å². The molecule has 0 aliphatic carbocycles. The molecule has 4 nitrogen and oxygen atoms in total. The molecule has 1 aliphatic heterocycles. The third-order valence-corrected chi connectivity index (χ3v) is 5.40. The minimum atomic E-state index is -0.689. The van der Waals surface area contributed by atoms with E-state index >= 15 is 0 Å². The molecule has 2 rings (SSSR count). The Kier molecular flexibility index (Phi) is 4.48. The molecule has 0 aromatic carbocycles. The van der Waals surface area contributed by atoms with Crippen molar-refractivity contribution in [1.29, 1.82) is 0 Å². The zero-order valence-electron chi connectivity index (χ0n) is 12.4. The van der Waals surface area contributed by atoms with E-state index in [-0.39, 0.29) is 18.4 Å². The summed E-state index contributed by atoms with van der Waals surface area (Å²) in [4.78, 5) is 28.8. The molecular weight excluding hydrogens is 272 g/mol. The van der Waals surface area contributed by atoms with Crippen LogP contribution in [0.4, 0.5) is 0 Å². The second-order valence-electron chi connectivity index (χ2n) is 5.12. The zero-order valence-corrected chi connectivity index (χ0v) is 13.2. The van der Waals surface area contributed by atoms with Crippen LogP contribution in [0, 0.1) is 0 Å². The summed E-state index contributed by atoms with van der Waals surface area (Å²) in [6.45, 7) is 6.73. The van der Waals surface area contributed by atoms with Gasteiger partial charge in [-0.25, -0.2) is 0 Å². The lowest BCUT2D eigenvalue weighted by Gasteiger charge is -2.44. The van der Waals surface area contributed by atoms with Crippen LogP contribution in [-0.4, -0.2) is 28.8 Å². The number of aryl methyl sites for hydroxylation is 1. The van der Waals surface area contributed by atoms with Crippen molar-refractivity contribution in [3.8, 4) is 0 Å². The molecule has 1 aliphatic rings. The van der Waals surface area contributed by atoms with Crippen LogP contribution < -0.4 is 5.32 Å². The fourth-order valence-electron chi connectivity index (χ4n) is 2.82. The summed E-state index contributed by atoms with van der Waals surface area (Å²) >= 11 is 1.73. The van der Waals surface area contributed by atoms with Crippen molar-refractivity contribution in [1.82, 2.24) is 10.2 Å². The van der Waals surface area contributed by atoms with E-state index < -0.39 is 5.54 Å². The Hall–Kier alpha value is -1.36. The number of rotatable bonds is 5. The highest BCUT2D eigenvalue weighted by Gasteiger charge is 2.46. The topological polar surface area (TPSA) is 49.4 Å². The molecule has 0 atom stereocenters. The first-order valence-electron chi connectivity index (χ1n) is 7.23. The van der Waals surface area contributed by atoms with Crippen LogP contribution in [-0.2, 0) is 22.6 Å². The first-order chi connectivity index (χ1) is 9.57. The maximum absolute atomic E-state index is 12.3. The smallest absolute Gasteiger partial charge is 0.246 e. The van der Waals surface area contributed by atoms with Crippen LogP contribution in [0.15, 0.2) is 12.1 Å². The lowest BCUT2D eigenvalue weighted by molar-refractivity contribution is -0.155. The average Bonchev–Trinajstić information content (AvgIpc) is 2.92. The number of amides is 2. The molecule has 0 bridgehead atoms. The van der Waals surface area contributed by atoms with Gasteiger partial charge in [0, 0.05) is 9.75 Å². The van der Waals surface area contributed by atoms with E-state index in [2.05, 4.69) is 24.4 Å². The second-order valence-corrected chi connectivity index (χ2v) is 6.38. The molecule has 110 valence electrons. The maximum atomic E-state index is 12.3. The van der Waals surface area contributed by atoms with Crippen LogP contribution in [0.5, 0.6) is 0 Å². The summed E-state index contributed by atoms with van der Waals surface area (Å²) in [5.41, 5.74) is -0.689. The predicted molar refractivity (Wildman–Crippen MR) is 80.6 cm³/mol. The van der Waals surface area contributed by atoms with Crippen LogP contribution in [0.2, 0.25) is 0 Å². The summed E-state index contributed by atoms with van der Waals surface area (Å²) in [6, 6.07) is 4.17. The van der Waals surface area contributed by atoms with Crippen LogP contribution in [0.25, 0.3) is 0 Å². The van der Waals surface area contributed by atoms with Gasteiger partial charge < -0.3 is 10.2 Å². The van der Waals surface area contributed by atoms with Gasteiger partial charge in [-0.1, -0.05) is 20.8 Å². The van der Waals surface area contributed by atoms with Crippen molar-refractivity contribution in [2.24, 2.45) is 0 Å². The van der Waals surface area contributed by atoms with Gasteiger partial charge in [-0.05, 0) is 31.4 Å². The SMILES string of the molecule is CCc1ccc(CN2C(=O)CNC(=O)C2(CC)CC)s1. The molecule has 20 heavy (non-hydrogen) atoms. The zero-order chi connectivity index (χ0) is 14.8. The largest absolute Gasteiger partial charge is 0.345 e. The standard InChI is InChI=1S/C15H22N2O2S/c1-4-11-7-8-12(20-11)10-17-13(18)9-16-14(19)15(17,5-2)6-3/h7-8H,4-6,9-10H2,1-3H3,(H,16,19). The van der Waals surface area contributed by atoms with Gasteiger partial charge in [-0.15, -0.1) is 11.3 Å². The Bertz CT molecular complexity index is 506. The van der Waals surface area contributed by atoms with Gasteiger partial charge in [-0.2, -0.15) is 0 Å². The molecule has 0 radical (unpaired) electrons. The van der Waals surface area contributed by atoms with E-state index in [1.54, 1.807) is 16.2 Å². The first kappa shape index (κ1) is 15.0. The summed E-state index contributed by atoms with van der Waals surface area (Å²) in [7, 11) is 0. The summed E-state index contributed by atoms with van der Waals surface area (Å²) in [5.74, 6) is -0.00544. The minimum Gasteiger partial charge on any atom is -0.345 e. The highest BCUT2D eigenvalue weighted by molar-refractivity contribution is 7.11. The van der Waals surface area contributed by atoms with Crippen LogP contribution >= 0.6 is 11.3 Å². The Morgan fingerprint density at radius 2 is 1.85 bits per heavy atom. The highest BCUT2D eigenvalue weighted by atomic mass is 32.1. The van der Waals surface area contributed by atoms with Gasteiger partial charge in [0.25, 0.3) is 0 Å². The molecule has 1 fully saturated rings. The summed E-state index contributed by atoms with van der Waals surface area (Å²) in [6.07, 6.45) is 2.30. The summed E-state index contributed by atoms with van der Waals surface area (Å²) in [5, 5.41) is 2.73. The van der Waals surface area contributed by atoms with Crippen molar-refractivity contribution >= 4 is 23.2 Å². The molecule has 0 spiro atoms. The van der Waals surface area contributed by atoms with E-state index in [9.17, 15) is 9.59 Å². The van der Waals surface area contributed by atoms with Gasteiger partial charge in [0.15, 0.2) is 0 Å². The second kappa shape index (κ2) is 5.95. The molecule has 2 heterocycles. The number of nitrogens with one attached hydrogen (secondary N) is 1. The number of carbonyl (C=O) groups is 2. The number of hydrogen-bond donors (Lipinski definition) is 1. The van der Waals surface area contributed by atoms with Crippen molar-refractivity contribution in [3.05, 3.63) is 21.9 Å². The molecule has 1 saturated heterocycles. The molecular formula is C15H22N2O2S. The van der Waals surface area contributed by atoms with Crippen LogP contribution in [0.3, 0.4) is 0 Å². The Labute approximate surface area is 124 Å². The van der Waals surface area contributed by atoms with E-state index in [0.29, 0.717) is 19.4 Å². The number of nitrogens with zero attached hydrogens (tertiary/aromatic N) is 1. The van der Waals surface area contributed by atoms with Crippen LogP contribution in [0.1, 0.15) is 43.4 Å². The van der Waals surface area contributed by atoms with Crippen molar-refractivity contribution < 1.29 is 9.59 Å². The van der Waals surface area contributed by atoms with E-state index in [4.69, 9.17) is 0 Å². The number of thiophene rings is 1. The fourth-order valence-corrected chi connectivity index (χ4v) is 3.77. The average molecular weight is 294 g/mol. The highest BCUT2D eigenvalue weighted by Crippen LogP contribution is 2.30. The first-order valence-corrected chi connectivity index (χ1v) is 8.05. The van der Waals surface area contributed by atoms with Gasteiger partial charge in [-0.3, -0.25) is 9.59 Å². The van der Waals surface area contributed by atoms with E-state index in [1.165, 1.54) is 4.88 Å².